The van der Waals surface area contributed by atoms with Crippen molar-refractivity contribution in [2.45, 2.75) is 26.0 Å². The van der Waals surface area contributed by atoms with Crippen molar-refractivity contribution in [2.75, 3.05) is 12.4 Å². The molecular weight excluding hydrogens is 278 g/mol. The van der Waals surface area contributed by atoms with E-state index in [1.807, 2.05) is 37.3 Å². The number of halogens is 1. The van der Waals surface area contributed by atoms with Crippen LogP contribution in [-0.2, 0) is 16.1 Å². The molecule has 1 aliphatic rings. The van der Waals surface area contributed by atoms with Gasteiger partial charge in [0.15, 0.2) is 5.78 Å². The van der Waals surface area contributed by atoms with Gasteiger partial charge in [-0.25, -0.2) is 4.79 Å². The lowest BCUT2D eigenvalue weighted by atomic mass is 10.00. The quantitative estimate of drug-likeness (QED) is 0.803. The Morgan fingerprint density at radius 2 is 2.05 bits per heavy atom. The minimum Gasteiger partial charge on any atom is -0.445 e. The van der Waals surface area contributed by atoms with Crippen LogP contribution in [0.3, 0.4) is 0 Å². The van der Waals surface area contributed by atoms with E-state index >= 15 is 0 Å². The normalized spacial score (nSPS) is 21.8. The van der Waals surface area contributed by atoms with E-state index in [1.54, 1.807) is 0 Å². The minimum absolute atomic E-state index is 0.0720. The van der Waals surface area contributed by atoms with Crippen molar-refractivity contribution in [3.8, 4) is 0 Å². The van der Waals surface area contributed by atoms with Crippen molar-refractivity contribution < 1.29 is 14.3 Å². The lowest BCUT2D eigenvalue weighted by Gasteiger charge is -2.24. The monoisotopic (exact) mass is 295 g/mol. The van der Waals surface area contributed by atoms with Gasteiger partial charge in [-0.2, -0.15) is 0 Å². The number of likely N-dealkylation sites (tertiary alicyclic amines) is 1. The number of carbonyl (C=O) groups excluding carboxylic acids is 2. The fraction of sp³-hybridized carbons (Fsp3) is 0.467. The minimum atomic E-state index is -0.448. The van der Waals surface area contributed by atoms with E-state index in [1.165, 1.54) is 4.90 Å². The summed E-state index contributed by atoms with van der Waals surface area (Å²) in [5.74, 6) is -0.0591. The molecule has 1 aliphatic heterocycles. The maximum Gasteiger partial charge on any atom is 0.410 e. The van der Waals surface area contributed by atoms with Crippen molar-refractivity contribution in [2.24, 2.45) is 5.92 Å². The van der Waals surface area contributed by atoms with E-state index < -0.39 is 12.1 Å². The molecule has 0 bridgehead atoms. The first-order valence-corrected chi connectivity index (χ1v) is 7.23. The summed E-state index contributed by atoms with van der Waals surface area (Å²) in [7, 11) is 0. The van der Waals surface area contributed by atoms with Crippen molar-refractivity contribution >= 4 is 23.5 Å². The summed E-state index contributed by atoms with van der Waals surface area (Å²) >= 11 is 5.61. The molecule has 0 saturated carbocycles. The van der Waals surface area contributed by atoms with E-state index in [0.717, 1.165) is 12.0 Å². The Morgan fingerprint density at radius 1 is 1.35 bits per heavy atom. The molecule has 2 atom stereocenters. The standard InChI is InChI=1S/C15H18ClNO3/c1-11-7-8-17(14(11)13(18)9-16)15(19)20-10-12-5-3-2-4-6-12/h2-6,11,14H,7-10H2,1H3/t11-,14-/m1/s1. The van der Waals surface area contributed by atoms with Crippen LogP contribution < -0.4 is 0 Å². The Balaban J connectivity index is 1.96. The molecule has 1 saturated heterocycles. The van der Waals surface area contributed by atoms with Crippen LogP contribution in [0.25, 0.3) is 0 Å². The molecule has 4 nitrogen and oxygen atoms in total. The van der Waals surface area contributed by atoms with Crippen LogP contribution in [0.1, 0.15) is 18.9 Å². The molecule has 0 unspecified atom stereocenters. The third-order valence-corrected chi connectivity index (χ3v) is 3.86. The predicted octanol–water partition coefficient (Wildman–Crippen LogP) is 2.84. The van der Waals surface area contributed by atoms with Gasteiger partial charge in [-0.3, -0.25) is 9.69 Å². The molecule has 108 valence electrons. The van der Waals surface area contributed by atoms with Crippen LogP contribution in [0.4, 0.5) is 4.79 Å². The molecular formula is C15H18ClNO3. The molecule has 0 aliphatic carbocycles. The van der Waals surface area contributed by atoms with E-state index in [4.69, 9.17) is 16.3 Å². The van der Waals surface area contributed by atoms with Gasteiger partial charge < -0.3 is 4.74 Å². The number of rotatable bonds is 4. The zero-order valence-corrected chi connectivity index (χ0v) is 12.2. The number of alkyl halides is 1. The van der Waals surface area contributed by atoms with Gasteiger partial charge in [0.2, 0.25) is 0 Å². The average Bonchev–Trinajstić information content (AvgIpc) is 2.87. The summed E-state index contributed by atoms with van der Waals surface area (Å²) in [5, 5.41) is 0. The first-order chi connectivity index (χ1) is 9.63. The third-order valence-electron chi connectivity index (χ3n) is 3.60. The molecule has 1 heterocycles. The molecule has 5 heteroatoms. The first-order valence-electron chi connectivity index (χ1n) is 6.69. The molecule has 20 heavy (non-hydrogen) atoms. The van der Waals surface area contributed by atoms with Gasteiger partial charge in [0.1, 0.15) is 6.61 Å². The van der Waals surface area contributed by atoms with Crippen molar-refractivity contribution in [3.63, 3.8) is 0 Å². The van der Waals surface area contributed by atoms with E-state index in [2.05, 4.69) is 0 Å². The third kappa shape index (κ3) is 3.31. The molecule has 0 radical (unpaired) electrons. The summed E-state index contributed by atoms with van der Waals surface area (Å²) in [6, 6.07) is 9.02. The average molecular weight is 296 g/mol. The molecule has 0 N–H and O–H groups in total. The van der Waals surface area contributed by atoms with Gasteiger partial charge in [0, 0.05) is 6.54 Å². The van der Waals surface area contributed by atoms with Crippen molar-refractivity contribution in [1.29, 1.82) is 0 Å². The highest BCUT2D eigenvalue weighted by Crippen LogP contribution is 2.26. The fourth-order valence-electron chi connectivity index (χ4n) is 2.52. The van der Waals surface area contributed by atoms with E-state index in [9.17, 15) is 9.59 Å². The SMILES string of the molecule is C[C@@H]1CCN(C(=O)OCc2ccccc2)[C@H]1C(=O)CCl. The highest BCUT2D eigenvalue weighted by atomic mass is 35.5. The number of carbonyl (C=O) groups is 2. The maximum absolute atomic E-state index is 12.1. The van der Waals surface area contributed by atoms with Crippen LogP contribution in [-0.4, -0.2) is 35.2 Å². The number of benzene rings is 1. The van der Waals surface area contributed by atoms with Crippen LogP contribution in [0, 0.1) is 5.92 Å². The zero-order chi connectivity index (χ0) is 14.5. The molecule has 1 amide bonds. The zero-order valence-electron chi connectivity index (χ0n) is 11.4. The molecule has 1 fully saturated rings. The van der Waals surface area contributed by atoms with Crippen LogP contribution in [0.2, 0.25) is 0 Å². The Morgan fingerprint density at radius 3 is 2.70 bits per heavy atom. The van der Waals surface area contributed by atoms with Gasteiger partial charge in [0.05, 0.1) is 11.9 Å². The predicted molar refractivity (Wildman–Crippen MR) is 76.6 cm³/mol. The smallest absolute Gasteiger partial charge is 0.410 e. The number of nitrogens with zero attached hydrogens (tertiary/aromatic N) is 1. The first kappa shape index (κ1) is 14.9. The summed E-state index contributed by atoms with van der Waals surface area (Å²) < 4.78 is 5.28. The van der Waals surface area contributed by atoms with Crippen molar-refractivity contribution in [1.82, 2.24) is 4.90 Å². The second-order valence-corrected chi connectivity index (χ2v) is 5.31. The molecule has 1 aromatic rings. The number of amides is 1. The van der Waals surface area contributed by atoms with Gasteiger partial charge in [-0.1, -0.05) is 37.3 Å². The number of hydrogen-bond acceptors (Lipinski definition) is 3. The Hall–Kier alpha value is -1.55. The Labute approximate surface area is 123 Å². The second-order valence-electron chi connectivity index (χ2n) is 5.04. The van der Waals surface area contributed by atoms with Crippen molar-refractivity contribution in [3.05, 3.63) is 35.9 Å². The van der Waals surface area contributed by atoms with Crippen LogP contribution >= 0.6 is 11.6 Å². The molecule has 0 aromatic heterocycles. The van der Waals surface area contributed by atoms with E-state index in [-0.39, 0.29) is 24.2 Å². The van der Waals surface area contributed by atoms with Gasteiger partial charge in [0.25, 0.3) is 0 Å². The molecule has 2 rings (SSSR count). The highest BCUT2D eigenvalue weighted by Gasteiger charge is 2.39. The molecule has 1 aromatic carbocycles. The van der Waals surface area contributed by atoms with Gasteiger partial charge >= 0.3 is 6.09 Å². The number of Topliss-reactive ketones (excluding diaryl/α,β-unsaturated/α-hetero) is 1. The Bertz CT molecular complexity index is 477. The largest absolute Gasteiger partial charge is 0.445 e. The maximum atomic E-state index is 12.1. The van der Waals surface area contributed by atoms with E-state index in [0.29, 0.717) is 6.54 Å². The lowest BCUT2D eigenvalue weighted by molar-refractivity contribution is -0.121. The fourth-order valence-corrected chi connectivity index (χ4v) is 2.68. The number of ketones is 1. The Kier molecular flexibility index (Phi) is 5.01. The van der Waals surface area contributed by atoms with Gasteiger partial charge in [-0.05, 0) is 17.9 Å². The molecule has 0 spiro atoms. The summed E-state index contributed by atoms with van der Waals surface area (Å²) in [6.07, 6.45) is 0.356. The second kappa shape index (κ2) is 6.75. The lowest BCUT2D eigenvalue weighted by Crippen LogP contribution is -2.43. The topological polar surface area (TPSA) is 46.6 Å². The van der Waals surface area contributed by atoms with Crippen LogP contribution in [0.15, 0.2) is 30.3 Å². The number of ether oxygens (including phenoxy) is 1. The van der Waals surface area contributed by atoms with Crippen LogP contribution in [0.5, 0.6) is 0 Å². The summed E-state index contributed by atoms with van der Waals surface area (Å²) in [5.41, 5.74) is 0.924. The number of hydrogen-bond donors (Lipinski definition) is 0. The summed E-state index contributed by atoms with van der Waals surface area (Å²) in [6.45, 7) is 2.72. The highest BCUT2D eigenvalue weighted by molar-refractivity contribution is 6.28. The van der Waals surface area contributed by atoms with Gasteiger partial charge in [-0.15, -0.1) is 11.6 Å². The summed E-state index contributed by atoms with van der Waals surface area (Å²) in [4.78, 5) is 25.4.